The first-order valence-electron chi connectivity index (χ1n) is 20.7. The third-order valence-electron chi connectivity index (χ3n) is 9.59. The molecular weight excluding hydrogens is 798 g/mol. The van der Waals surface area contributed by atoms with Gasteiger partial charge in [0.2, 0.25) is 47.3 Å². The molecule has 1 aliphatic rings. The third kappa shape index (κ3) is 20.5. The van der Waals surface area contributed by atoms with Gasteiger partial charge in [-0.2, -0.15) is 0 Å². The van der Waals surface area contributed by atoms with E-state index in [2.05, 4.69) is 36.9 Å². The molecule has 1 heterocycles. The van der Waals surface area contributed by atoms with Crippen molar-refractivity contribution in [3.63, 3.8) is 0 Å². The van der Waals surface area contributed by atoms with Crippen LogP contribution in [0.4, 0.5) is 0 Å². The van der Waals surface area contributed by atoms with Crippen molar-refractivity contribution in [3.8, 4) is 0 Å². The molecule has 0 spiro atoms. The van der Waals surface area contributed by atoms with Crippen molar-refractivity contribution in [2.45, 2.75) is 141 Å². The molecule has 0 bridgehead atoms. The van der Waals surface area contributed by atoms with E-state index in [9.17, 15) is 48.3 Å². The molecule has 1 rings (SSSR count). The largest absolute Gasteiger partial charge is 0.480 e. The summed E-state index contributed by atoms with van der Waals surface area (Å²) in [4.78, 5) is 121. The van der Waals surface area contributed by atoms with Gasteiger partial charge in [0.1, 0.15) is 36.3 Å². The molecule has 1 saturated heterocycles. The van der Waals surface area contributed by atoms with E-state index in [-0.39, 0.29) is 69.4 Å². The number of carboxylic acids is 1. The number of aliphatic imine (C=N–C) groups is 1. The van der Waals surface area contributed by atoms with E-state index in [1.54, 1.807) is 0 Å². The number of nitrogens with zero attached hydrogens (tertiary/aromatic N) is 2. The lowest BCUT2D eigenvalue weighted by Crippen LogP contribution is -2.58. The predicted octanol–water partition coefficient (Wildman–Crippen LogP) is -3.90. The monoisotopic (exact) mass is 868 g/mol. The van der Waals surface area contributed by atoms with Gasteiger partial charge in [-0.3, -0.25) is 43.3 Å². The highest BCUT2D eigenvalue weighted by molar-refractivity contribution is 5.97. The van der Waals surface area contributed by atoms with E-state index in [1.807, 2.05) is 27.7 Å². The highest BCUT2D eigenvalue weighted by Gasteiger charge is 2.39. The molecule has 0 radical (unpaired) electrons. The zero-order valence-electron chi connectivity index (χ0n) is 36.0. The lowest BCUT2D eigenvalue weighted by Gasteiger charge is -2.30. The number of guanidine groups is 1. The summed E-state index contributed by atoms with van der Waals surface area (Å²) in [6.07, 6.45) is 2.16. The van der Waals surface area contributed by atoms with Gasteiger partial charge in [0.05, 0.1) is 19.0 Å². The molecule has 61 heavy (non-hydrogen) atoms. The number of likely N-dealkylation sites (tertiary alicyclic amines) is 1. The minimum Gasteiger partial charge on any atom is -0.480 e. The van der Waals surface area contributed by atoms with Crippen LogP contribution in [0.5, 0.6) is 0 Å². The summed E-state index contributed by atoms with van der Waals surface area (Å²) in [5.41, 5.74) is 27.2. The summed E-state index contributed by atoms with van der Waals surface area (Å²) in [6, 6.07) is -8.02. The number of hydrogen-bond acceptors (Lipinski definition) is 12. The maximum atomic E-state index is 13.8. The van der Waals surface area contributed by atoms with E-state index >= 15 is 0 Å². The second-order valence-corrected chi connectivity index (χ2v) is 16.0. The normalized spacial score (nSPS) is 16.5. The smallest absolute Gasteiger partial charge is 0.326 e. The van der Waals surface area contributed by atoms with Crippen LogP contribution in [0.1, 0.15) is 98.8 Å². The second kappa shape index (κ2) is 27.3. The highest BCUT2D eigenvalue weighted by Crippen LogP contribution is 2.21. The fourth-order valence-electron chi connectivity index (χ4n) is 6.49. The van der Waals surface area contributed by atoms with E-state index < -0.39 is 108 Å². The summed E-state index contributed by atoms with van der Waals surface area (Å²) in [5, 5.41) is 24.8. The average Bonchev–Trinajstić information content (AvgIpc) is 3.66. The Kier molecular flexibility index (Phi) is 23.9. The van der Waals surface area contributed by atoms with E-state index in [0.29, 0.717) is 25.8 Å². The number of carbonyl (C=O) groups is 9. The SMILES string of the molecule is CC(C)CC(NC(=O)CNC(=O)C(CC(C)C)NC(=O)C1CCCN1C(=O)C(CCCCN)NC(=O)C(N)CC(N)=O)C(=O)NC(C)C(=O)NC(CCCN=C(N)N)C(=O)O. The number of rotatable bonds is 28. The van der Waals surface area contributed by atoms with Crippen LogP contribution in [0, 0.1) is 11.8 Å². The summed E-state index contributed by atoms with van der Waals surface area (Å²) >= 11 is 0. The van der Waals surface area contributed by atoms with Crippen LogP contribution in [-0.4, -0.2) is 138 Å². The van der Waals surface area contributed by atoms with Crippen molar-refractivity contribution in [1.29, 1.82) is 0 Å². The number of carbonyl (C=O) groups excluding carboxylic acids is 8. The Morgan fingerprint density at radius 1 is 0.721 bits per heavy atom. The molecule has 7 atom stereocenters. The molecule has 8 amide bonds. The fraction of sp³-hybridized carbons (Fsp3) is 0.737. The van der Waals surface area contributed by atoms with Gasteiger partial charge in [-0.05, 0) is 83.1 Å². The summed E-state index contributed by atoms with van der Waals surface area (Å²) < 4.78 is 0. The molecule has 23 nitrogen and oxygen atoms in total. The number of nitrogens with one attached hydrogen (secondary N) is 6. The van der Waals surface area contributed by atoms with Crippen LogP contribution in [0.2, 0.25) is 0 Å². The zero-order chi connectivity index (χ0) is 46.4. The Bertz CT molecular complexity index is 1560. The maximum absolute atomic E-state index is 13.8. The first kappa shape index (κ1) is 53.4. The van der Waals surface area contributed by atoms with Gasteiger partial charge in [-0.15, -0.1) is 0 Å². The van der Waals surface area contributed by atoms with Crippen molar-refractivity contribution >= 4 is 59.2 Å². The van der Waals surface area contributed by atoms with Crippen LogP contribution in [0.25, 0.3) is 0 Å². The van der Waals surface area contributed by atoms with Crippen molar-refractivity contribution in [1.82, 2.24) is 36.8 Å². The average molecular weight is 868 g/mol. The molecule has 7 unspecified atom stereocenters. The molecule has 23 heteroatoms. The summed E-state index contributed by atoms with van der Waals surface area (Å²) in [7, 11) is 0. The number of primary amides is 1. The standard InChI is InChI=1S/C38H69N13O10/c1-20(2)16-26(50-35(58)28-12-9-15-51(28)36(59)24(10-6-7-13-39)48-32(55)23(40)18-29(41)52)33(56)45-19-30(53)47-27(17-21(3)4)34(57)46-22(5)31(54)49-25(37(60)61)11-8-14-44-38(42)43/h20-28H,6-19,39-40H2,1-5H3,(H2,41,52)(H,45,56)(H,46,57)(H,47,53)(H,48,55)(H,49,54)(H,50,58)(H,60,61)(H4,42,43,44). The first-order valence-corrected chi connectivity index (χ1v) is 20.7. The van der Waals surface area contributed by atoms with E-state index in [4.69, 9.17) is 28.7 Å². The van der Waals surface area contributed by atoms with Gasteiger partial charge in [0, 0.05) is 13.1 Å². The van der Waals surface area contributed by atoms with Crippen molar-refractivity contribution in [2.75, 3.05) is 26.2 Å². The van der Waals surface area contributed by atoms with E-state index in [1.165, 1.54) is 11.8 Å². The third-order valence-corrected chi connectivity index (χ3v) is 9.59. The lowest BCUT2D eigenvalue weighted by molar-refractivity contribution is -0.142. The first-order chi connectivity index (χ1) is 28.6. The fourth-order valence-corrected chi connectivity index (χ4v) is 6.49. The maximum Gasteiger partial charge on any atom is 0.326 e. The minimum absolute atomic E-state index is 0.0195. The van der Waals surface area contributed by atoms with Crippen molar-refractivity contribution in [3.05, 3.63) is 0 Å². The Morgan fingerprint density at radius 3 is 1.87 bits per heavy atom. The molecule has 0 aromatic heterocycles. The van der Waals surface area contributed by atoms with Crippen LogP contribution in [0.3, 0.4) is 0 Å². The number of nitrogens with two attached hydrogens (primary N) is 5. The molecule has 17 N–H and O–H groups in total. The molecule has 0 aliphatic carbocycles. The number of hydrogen-bond donors (Lipinski definition) is 12. The van der Waals surface area contributed by atoms with E-state index in [0.717, 1.165) is 0 Å². The highest BCUT2D eigenvalue weighted by atomic mass is 16.4. The second-order valence-electron chi connectivity index (χ2n) is 16.0. The van der Waals surface area contributed by atoms with Gasteiger partial charge in [-0.1, -0.05) is 27.7 Å². The molecule has 0 aromatic carbocycles. The number of aliphatic carboxylic acids is 1. The van der Waals surface area contributed by atoms with Gasteiger partial charge >= 0.3 is 5.97 Å². The quantitative estimate of drug-likeness (QED) is 0.0203. The predicted molar refractivity (Wildman–Crippen MR) is 224 cm³/mol. The van der Waals surface area contributed by atoms with Crippen LogP contribution >= 0.6 is 0 Å². The Morgan fingerprint density at radius 2 is 1.31 bits per heavy atom. The molecule has 1 aliphatic heterocycles. The minimum atomic E-state index is -1.29. The van der Waals surface area contributed by atoms with Crippen molar-refractivity contribution < 1.29 is 48.3 Å². The van der Waals surface area contributed by atoms with Gasteiger partial charge in [-0.25, -0.2) is 4.79 Å². The van der Waals surface area contributed by atoms with Crippen molar-refractivity contribution in [2.24, 2.45) is 45.5 Å². The number of carboxylic acid groups (broad SMARTS) is 1. The van der Waals surface area contributed by atoms with Crippen LogP contribution < -0.4 is 60.6 Å². The summed E-state index contributed by atoms with van der Waals surface area (Å²) in [5.74, 6) is -7.24. The number of amides is 8. The molecule has 0 saturated carbocycles. The van der Waals surface area contributed by atoms with Gasteiger partial charge in [0.25, 0.3) is 0 Å². The van der Waals surface area contributed by atoms with Gasteiger partial charge in [0.15, 0.2) is 5.96 Å². The molecule has 0 aromatic rings. The Labute approximate surface area is 356 Å². The lowest BCUT2D eigenvalue weighted by atomic mass is 10.0. The Balaban J connectivity index is 2.99. The topological polar surface area (TPSA) is 392 Å². The molecule has 1 fully saturated rings. The van der Waals surface area contributed by atoms with Gasteiger partial charge < -0.3 is 70.6 Å². The Hall–Kier alpha value is -5.58. The van der Waals surface area contributed by atoms with Crippen LogP contribution in [-0.2, 0) is 43.2 Å². The zero-order valence-corrected chi connectivity index (χ0v) is 36.0. The molecule has 346 valence electrons. The molecular formula is C38H69N13O10. The summed E-state index contributed by atoms with van der Waals surface area (Å²) in [6.45, 7) is 8.76. The van der Waals surface area contributed by atoms with Crippen LogP contribution in [0.15, 0.2) is 4.99 Å². The number of unbranched alkanes of at least 4 members (excludes halogenated alkanes) is 1.